The van der Waals surface area contributed by atoms with Gasteiger partial charge in [-0.2, -0.15) is 5.10 Å². The van der Waals surface area contributed by atoms with Crippen LogP contribution in [0.4, 0.5) is 4.79 Å². The summed E-state index contributed by atoms with van der Waals surface area (Å²) in [6, 6.07) is 1.72. The number of aromatic nitrogens is 2. The van der Waals surface area contributed by atoms with E-state index in [2.05, 4.69) is 33.0 Å². The van der Waals surface area contributed by atoms with Crippen molar-refractivity contribution < 1.29 is 4.79 Å². The number of carbonyl (C=O) groups excluding carboxylic acids is 1. The molecule has 5 heteroatoms. The molecule has 1 heterocycles. The van der Waals surface area contributed by atoms with Gasteiger partial charge >= 0.3 is 6.03 Å². The number of allylic oxidation sites excluding steroid dienone is 2. The molecule has 0 radical (unpaired) electrons. The van der Waals surface area contributed by atoms with Crippen LogP contribution in [0.15, 0.2) is 24.4 Å². The quantitative estimate of drug-likeness (QED) is 0.692. The summed E-state index contributed by atoms with van der Waals surface area (Å²) in [4.78, 5) is 11.5. The molecular weight excluding hydrogens is 216 g/mol. The van der Waals surface area contributed by atoms with Gasteiger partial charge in [-0.05, 0) is 31.2 Å². The van der Waals surface area contributed by atoms with Gasteiger partial charge in [-0.1, -0.05) is 12.2 Å². The number of nitrogens with zero attached hydrogens (tertiary/aromatic N) is 1. The number of rotatable bonds is 4. The summed E-state index contributed by atoms with van der Waals surface area (Å²) in [5.41, 5.74) is 0.903. The first-order chi connectivity index (χ1) is 8.34. The summed E-state index contributed by atoms with van der Waals surface area (Å²) in [5.74, 6) is 0.581. The third-order valence-corrected chi connectivity index (χ3v) is 2.93. The molecule has 3 N–H and O–H groups in total. The van der Waals surface area contributed by atoms with E-state index in [0.717, 1.165) is 31.5 Å². The van der Waals surface area contributed by atoms with Crippen molar-refractivity contribution in [2.24, 2.45) is 5.92 Å². The van der Waals surface area contributed by atoms with Crippen molar-refractivity contribution in [1.82, 2.24) is 20.8 Å². The molecule has 0 aliphatic heterocycles. The maximum Gasteiger partial charge on any atom is 0.315 e. The van der Waals surface area contributed by atoms with Gasteiger partial charge in [0, 0.05) is 12.7 Å². The van der Waals surface area contributed by atoms with Crippen LogP contribution in [0.1, 0.15) is 25.0 Å². The molecule has 1 aromatic rings. The largest absolute Gasteiger partial charge is 0.338 e. The Morgan fingerprint density at radius 2 is 2.41 bits per heavy atom. The molecule has 1 unspecified atom stereocenters. The molecule has 5 nitrogen and oxygen atoms in total. The third-order valence-electron chi connectivity index (χ3n) is 2.93. The van der Waals surface area contributed by atoms with Gasteiger partial charge in [0.2, 0.25) is 0 Å². The molecule has 0 spiro atoms. The van der Waals surface area contributed by atoms with Crippen LogP contribution in [0.5, 0.6) is 0 Å². The molecule has 0 aromatic carbocycles. The first-order valence-electron chi connectivity index (χ1n) is 5.99. The summed E-state index contributed by atoms with van der Waals surface area (Å²) < 4.78 is 0. The Hall–Kier alpha value is -1.78. The molecule has 1 aliphatic carbocycles. The Bertz CT molecular complexity index is 372. The van der Waals surface area contributed by atoms with Crippen molar-refractivity contribution in [2.45, 2.75) is 25.8 Å². The lowest BCUT2D eigenvalue weighted by Gasteiger charge is -2.18. The van der Waals surface area contributed by atoms with Crippen molar-refractivity contribution in [3.63, 3.8) is 0 Å². The van der Waals surface area contributed by atoms with E-state index in [-0.39, 0.29) is 6.03 Å². The summed E-state index contributed by atoms with van der Waals surface area (Å²) in [6.45, 7) is 1.23. The first-order valence-corrected chi connectivity index (χ1v) is 5.99. The van der Waals surface area contributed by atoms with Crippen LogP contribution in [0.2, 0.25) is 0 Å². The third kappa shape index (κ3) is 3.94. The molecule has 1 aliphatic rings. The summed E-state index contributed by atoms with van der Waals surface area (Å²) in [5, 5.41) is 12.3. The molecule has 2 amide bonds. The highest BCUT2D eigenvalue weighted by atomic mass is 16.2. The molecule has 92 valence electrons. The highest BCUT2D eigenvalue weighted by Crippen LogP contribution is 2.16. The van der Waals surface area contributed by atoms with Crippen LogP contribution < -0.4 is 10.6 Å². The van der Waals surface area contributed by atoms with Gasteiger partial charge in [0.05, 0.1) is 12.2 Å². The standard InChI is InChI=1S/C12H18N4O/c17-12(14-9-11-6-7-15-16-11)13-8-10-4-2-1-3-5-10/h1-2,6-7,10H,3-5,8-9H2,(H,15,16)(H2,13,14,17). The normalized spacial score (nSPS) is 18.9. The van der Waals surface area contributed by atoms with Crippen LogP contribution >= 0.6 is 0 Å². The minimum absolute atomic E-state index is 0.117. The van der Waals surface area contributed by atoms with E-state index in [1.54, 1.807) is 6.20 Å². The fourth-order valence-corrected chi connectivity index (χ4v) is 1.90. The van der Waals surface area contributed by atoms with Gasteiger partial charge in [-0.25, -0.2) is 4.79 Å². The molecule has 0 saturated heterocycles. The second-order valence-electron chi connectivity index (χ2n) is 4.30. The predicted octanol–water partition coefficient (Wildman–Crippen LogP) is 1.57. The number of carbonyl (C=O) groups is 1. The van der Waals surface area contributed by atoms with E-state index in [1.807, 2.05) is 6.07 Å². The van der Waals surface area contributed by atoms with Crippen LogP contribution in [-0.2, 0) is 6.54 Å². The van der Waals surface area contributed by atoms with E-state index in [1.165, 1.54) is 0 Å². The van der Waals surface area contributed by atoms with E-state index >= 15 is 0 Å². The highest BCUT2D eigenvalue weighted by molar-refractivity contribution is 5.73. The second kappa shape index (κ2) is 6.08. The summed E-state index contributed by atoms with van der Waals surface area (Å²) >= 11 is 0. The average molecular weight is 234 g/mol. The Kier molecular flexibility index (Phi) is 4.18. The van der Waals surface area contributed by atoms with Crippen molar-refractivity contribution in [1.29, 1.82) is 0 Å². The maximum atomic E-state index is 11.5. The lowest BCUT2D eigenvalue weighted by Crippen LogP contribution is -2.38. The fourth-order valence-electron chi connectivity index (χ4n) is 1.90. The molecule has 1 aromatic heterocycles. The zero-order chi connectivity index (χ0) is 11.9. The number of urea groups is 1. The van der Waals surface area contributed by atoms with Crippen LogP contribution in [0.25, 0.3) is 0 Å². The molecule has 0 fully saturated rings. The van der Waals surface area contributed by atoms with E-state index < -0.39 is 0 Å². The Balaban J connectivity index is 1.62. The SMILES string of the molecule is O=C(NCc1ccn[nH]1)NCC1CC=CCC1. The highest BCUT2D eigenvalue weighted by Gasteiger charge is 2.10. The number of hydrogen-bond acceptors (Lipinski definition) is 2. The van der Waals surface area contributed by atoms with Gasteiger partial charge in [-0.3, -0.25) is 5.10 Å². The average Bonchev–Trinajstić information content (AvgIpc) is 2.88. The molecule has 2 rings (SSSR count). The zero-order valence-electron chi connectivity index (χ0n) is 9.78. The lowest BCUT2D eigenvalue weighted by molar-refractivity contribution is 0.238. The first kappa shape index (κ1) is 11.7. The molecule has 17 heavy (non-hydrogen) atoms. The number of amides is 2. The second-order valence-corrected chi connectivity index (χ2v) is 4.30. The van der Waals surface area contributed by atoms with Crippen molar-refractivity contribution >= 4 is 6.03 Å². The van der Waals surface area contributed by atoms with Gasteiger partial charge in [0.1, 0.15) is 0 Å². The Morgan fingerprint density at radius 1 is 1.47 bits per heavy atom. The molecule has 0 bridgehead atoms. The maximum absolute atomic E-state index is 11.5. The van der Waals surface area contributed by atoms with Crippen molar-refractivity contribution in [3.05, 3.63) is 30.1 Å². The lowest BCUT2D eigenvalue weighted by atomic mass is 9.94. The van der Waals surface area contributed by atoms with Crippen LogP contribution in [0.3, 0.4) is 0 Å². The smallest absolute Gasteiger partial charge is 0.315 e. The fraction of sp³-hybridized carbons (Fsp3) is 0.500. The number of nitrogens with one attached hydrogen (secondary N) is 3. The minimum Gasteiger partial charge on any atom is -0.338 e. The van der Waals surface area contributed by atoms with Gasteiger partial charge in [-0.15, -0.1) is 0 Å². The van der Waals surface area contributed by atoms with Gasteiger partial charge in [0.15, 0.2) is 0 Å². The number of H-pyrrole nitrogens is 1. The molecular formula is C12H18N4O. The topological polar surface area (TPSA) is 69.8 Å². The number of aromatic amines is 1. The van der Waals surface area contributed by atoms with Crippen molar-refractivity contribution in [3.8, 4) is 0 Å². The number of hydrogen-bond donors (Lipinski definition) is 3. The predicted molar refractivity (Wildman–Crippen MR) is 65.3 cm³/mol. The molecule has 1 atom stereocenters. The zero-order valence-corrected chi connectivity index (χ0v) is 9.78. The molecule has 0 saturated carbocycles. The monoisotopic (exact) mass is 234 g/mol. The Morgan fingerprint density at radius 3 is 3.12 bits per heavy atom. The Labute approximate surface area is 101 Å². The summed E-state index contributed by atoms with van der Waals surface area (Å²) in [7, 11) is 0. The van der Waals surface area contributed by atoms with E-state index in [9.17, 15) is 4.79 Å². The van der Waals surface area contributed by atoms with E-state index in [4.69, 9.17) is 0 Å². The van der Waals surface area contributed by atoms with Crippen LogP contribution in [0, 0.1) is 5.92 Å². The summed E-state index contributed by atoms with van der Waals surface area (Å²) in [6.07, 6.45) is 9.43. The minimum atomic E-state index is -0.117. The van der Waals surface area contributed by atoms with Crippen molar-refractivity contribution in [2.75, 3.05) is 6.54 Å². The van der Waals surface area contributed by atoms with Gasteiger partial charge < -0.3 is 10.6 Å². The van der Waals surface area contributed by atoms with Crippen LogP contribution in [-0.4, -0.2) is 22.8 Å². The van der Waals surface area contributed by atoms with Gasteiger partial charge in [0.25, 0.3) is 0 Å². The van der Waals surface area contributed by atoms with E-state index in [0.29, 0.717) is 12.5 Å².